The van der Waals surface area contributed by atoms with Gasteiger partial charge in [0.05, 0.1) is 13.2 Å². The second kappa shape index (κ2) is 7.11. The average molecular weight is 330 g/mol. The largest absolute Gasteiger partial charge is 0.488 e. The molecule has 5 heteroatoms. The van der Waals surface area contributed by atoms with Gasteiger partial charge < -0.3 is 20.1 Å². The second-order valence-corrected chi connectivity index (χ2v) is 7.36. The number of piperidine rings is 1. The summed E-state index contributed by atoms with van der Waals surface area (Å²) in [5.41, 5.74) is 0.840. The van der Waals surface area contributed by atoms with E-state index in [1.54, 1.807) is 0 Å². The first-order valence-corrected chi connectivity index (χ1v) is 9.15. The lowest BCUT2D eigenvalue weighted by atomic mass is 9.89. The highest BCUT2D eigenvalue weighted by molar-refractivity contribution is 5.90. The van der Waals surface area contributed by atoms with Gasteiger partial charge in [-0.3, -0.25) is 4.79 Å². The Morgan fingerprint density at radius 1 is 1.17 bits per heavy atom. The number of anilines is 1. The van der Waals surface area contributed by atoms with Crippen LogP contribution in [0, 0.1) is 5.92 Å². The normalized spacial score (nSPS) is 31.8. The highest BCUT2D eigenvalue weighted by atomic mass is 16.5. The van der Waals surface area contributed by atoms with Crippen LogP contribution in [0.3, 0.4) is 0 Å². The summed E-state index contributed by atoms with van der Waals surface area (Å²) in [6.45, 7) is 1.44. The van der Waals surface area contributed by atoms with Crippen LogP contribution in [0.4, 0.5) is 5.69 Å². The SMILES string of the molecule is O=C(CC1CC2CCC(C1)N2)Nc1ccc(OC2CCOC2)cc1. The van der Waals surface area contributed by atoms with Gasteiger partial charge in [-0.1, -0.05) is 0 Å². The Hall–Kier alpha value is -1.59. The van der Waals surface area contributed by atoms with Crippen LogP contribution < -0.4 is 15.4 Å². The van der Waals surface area contributed by atoms with Crippen molar-refractivity contribution >= 4 is 11.6 Å². The number of rotatable bonds is 5. The molecule has 2 bridgehead atoms. The summed E-state index contributed by atoms with van der Waals surface area (Å²) < 4.78 is 11.2. The molecule has 3 saturated heterocycles. The maximum absolute atomic E-state index is 12.3. The monoisotopic (exact) mass is 330 g/mol. The van der Waals surface area contributed by atoms with Gasteiger partial charge in [-0.25, -0.2) is 0 Å². The zero-order chi connectivity index (χ0) is 16.4. The summed E-state index contributed by atoms with van der Waals surface area (Å²) in [7, 11) is 0. The van der Waals surface area contributed by atoms with E-state index in [0.29, 0.717) is 31.0 Å². The van der Waals surface area contributed by atoms with Gasteiger partial charge in [0.2, 0.25) is 5.91 Å². The van der Waals surface area contributed by atoms with E-state index in [1.165, 1.54) is 12.8 Å². The van der Waals surface area contributed by atoms with Crippen molar-refractivity contribution in [3.63, 3.8) is 0 Å². The van der Waals surface area contributed by atoms with Crippen LogP contribution in [-0.4, -0.2) is 37.3 Å². The van der Waals surface area contributed by atoms with Gasteiger partial charge in [-0.05, 0) is 55.9 Å². The minimum absolute atomic E-state index is 0.124. The second-order valence-electron chi connectivity index (χ2n) is 7.36. The van der Waals surface area contributed by atoms with E-state index >= 15 is 0 Å². The molecule has 1 aromatic carbocycles. The lowest BCUT2D eigenvalue weighted by molar-refractivity contribution is -0.117. The third kappa shape index (κ3) is 3.90. The molecule has 0 saturated carbocycles. The van der Waals surface area contributed by atoms with E-state index in [-0.39, 0.29) is 12.0 Å². The van der Waals surface area contributed by atoms with Crippen molar-refractivity contribution in [2.45, 2.75) is 56.7 Å². The number of carbonyl (C=O) groups excluding carboxylic acids is 1. The molecule has 3 atom stereocenters. The first-order chi connectivity index (χ1) is 11.7. The van der Waals surface area contributed by atoms with Crippen LogP contribution in [0.25, 0.3) is 0 Å². The average Bonchev–Trinajstić information content (AvgIpc) is 3.19. The molecule has 5 nitrogen and oxygen atoms in total. The molecule has 3 aliphatic rings. The Morgan fingerprint density at radius 2 is 1.92 bits per heavy atom. The molecule has 3 heterocycles. The van der Waals surface area contributed by atoms with Gasteiger partial charge in [0.25, 0.3) is 0 Å². The summed E-state index contributed by atoms with van der Waals surface area (Å²) >= 11 is 0. The van der Waals surface area contributed by atoms with Crippen LogP contribution in [0.2, 0.25) is 0 Å². The molecular weight excluding hydrogens is 304 g/mol. The topological polar surface area (TPSA) is 59.6 Å². The van der Waals surface area contributed by atoms with E-state index in [9.17, 15) is 4.79 Å². The number of benzene rings is 1. The van der Waals surface area contributed by atoms with Crippen LogP contribution in [0.5, 0.6) is 5.75 Å². The molecule has 1 aromatic rings. The molecule has 4 rings (SSSR count). The molecule has 2 N–H and O–H groups in total. The van der Waals surface area contributed by atoms with Crippen molar-refractivity contribution in [3.8, 4) is 5.75 Å². The van der Waals surface area contributed by atoms with E-state index in [4.69, 9.17) is 9.47 Å². The Bertz CT molecular complexity index is 556. The minimum Gasteiger partial charge on any atom is -0.488 e. The Balaban J connectivity index is 1.26. The Labute approximate surface area is 143 Å². The summed E-state index contributed by atoms with van der Waals surface area (Å²) in [4.78, 5) is 12.3. The van der Waals surface area contributed by atoms with Crippen molar-refractivity contribution < 1.29 is 14.3 Å². The molecular formula is C19H26N2O3. The number of hydrogen-bond donors (Lipinski definition) is 2. The minimum atomic E-state index is 0.124. The predicted molar refractivity (Wildman–Crippen MR) is 92.2 cm³/mol. The number of amides is 1. The standard InChI is InChI=1S/C19H26N2O3/c22-19(11-13-9-15-1-2-16(10-13)20-15)21-14-3-5-17(6-4-14)24-18-7-8-23-12-18/h3-6,13,15-16,18,20H,1-2,7-12H2,(H,21,22). The van der Waals surface area contributed by atoms with E-state index in [2.05, 4.69) is 10.6 Å². The highest BCUT2D eigenvalue weighted by Gasteiger charge is 2.34. The number of hydrogen-bond acceptors (Lipinski definition) is 4. The molecule has 24 heavy (non-hydrogen) atoms. The van der Waals surface area contributed by atoms with Crippen molar-refractivity contribution in [2.24, 2.45) is 5.92 Å². The number of carbonyl (C=O) groups is 1. The van der Waals surface area contributed by atoms with E-state index < -0.39 is 0 Å². The summed E-state index contributed by atoms with van der Waals surface area (Å²) in [6, 6.07) is 8.93. The first-order valence-electron chi connectivity index (χ1n) is 9.15. The predicted octanol–water partition coefficient (Wildman–Crippen LogP) is 2.71. The van der Waals surface area contributed by atoms with E-state index in [1.807, 2.05) is 24.3 Å². The van der Waals surface area contributed by atoms with Gasteiger partial charge >= 0.3 is 0 Å². The van der Waals surface area contributed by atoms with Crippen LogP contribution in [0.15, 0.2) is 24.3 Å². The van der Waals surface area contributed by atoms with Gasteiger partial charge in [-0.15, -0.1) is 0 Å². The number of nitrogens with one attached hydrogen (secondary N) is 2. The summed E-state index contributed by atoms with van der Waals surface area (Å²) in [5, 5.41) is 6.64. The summed E-state index contributed by atoms with van der Waals surface area (Å²) in [5.74, 6) is 1.48. The zero-order valence-electron chi connectivity index (χ0n) is 14.0. The number of ether oxygens (including phenoxy) is 2. The Kier molecular flexibility index (Phi) is 4.72. The van der Waals surface area contributed by atoms with Crippen LogP contribution in [-0.2, 0) is 9.53 Å². The fourth-order valence-corrected chi connectivity index (χ4v) is 4.23. The summed E-state index contributed by atoms with van der Waals surface area (Å²) in [6.07, 6.45) is 6.55. The van der Waals surface area contributed by atoms with Crippen molar-refractivity contribution in [3.05, 3.63) is 24.3 Å². The van der Waals surface area contributed by atoms with E-state index in [0.717, 1.165) is 37.3 Å². The Morgan fingerprint density at radius 3 is 2.58 bits per heavy atom. The quantitative estimate of drug-likeness (QED) is 0.871. The van der Waals surface area contributed by atoms with Crippen molar-refractivity contribution in [1.29, 1.82) is 0 Å². The molecule has 0 aliphatic carbocycles. The van der Waals surface area contributed by atoms with Crippen molar-refractivity contribution in [1.82, 2.24) is 5.32 Å². The molecule has 1 amide bonds. The highest BCUT2D eigenvalue weighted by Crippen LogP contribution is 2.32. The molecule has 0 radical (unpaired) electrons. The molecule has 3 unspecified atom stereocenters. The maximum atomic E-state index is 12.3. The third-order valence-electron chi connectivity index (χ3n) is 5.37. The molecule has 3 fully saturated rings. The van der Waals surface area contributed by atoms with Gasteiger partial charge in [0.15, 0.2) is 0 Å². The van der Waals surface area contributed by atoms with Crippen molar-refractivity contribution in [2.75, 3.05) is 18.5 Å². The molecule has 3 aliphatic heterocycles. The van der Waals surface area contributed by atoms with Crippen LogP contribution >= 0.6 is 0 Å². The zero-order valence-corrected chi connectivity index (χ0v) is 14.0. The van der Waals surface area contributed by atoms with Gasteiger partial charge in [0, 0.05) is 30.6 Å². The van der Waals surface area contributed by atoms with Gasteiger partial charge in [0.1, 0.15) is 11.9 Å². The maximum Gasteiger partial charge on any atom is 0.224 e. The number of fused-ring (bicyclic) bond motifs is 2. The fourth-order valence-electron chi connectivity index (χ4n) is 4.23. The molecule has 0 aromatic heterocycles. The van der Waals surface area contributed by atoms with Gasteiger partial charge in [-0.2, -0.15) is 0 Å². The third-order valence-corrected chi connectivity index (χ3v) is 5.37. The lowest BCUT2D eigenvalue weighted by Gasteiger charge is -2.28. The van der Waals surface area contributed by atoms with Crippen LogP contribution in [0.1, 0.15) is 38.5 Å². The first kappa shape index (κ1) is 15.9. The smallest absolute Gasteiger partial charge is 0.224 e. The molecule has 130 valence electrons. The molecule has 0 spiro atoms. The lowest BCUT2D eigenvalue weighted by Crippen LogP contribution is -2.39. The fraction of sp³-hybridized carbons (Fsp3) is 0.632.